The molecule has 298 valence electrons. The molecular weight excluding hydrogens is 640 g/mol. The number of rotatable bonds is 37. The van der Waals surface area contributed by atoms with Crippen molar-refractivity contribution in [2.24, 2.45) is 0 Å². The van der Waals surface area contributed by atoms with Crippen molar-refractivity contribution in [3.63, 3.8) is 0 Å². The van der Waals surface area contributed by atoms with Crippen molar-refractivity contribution >= 4 is 18.0 Å². The third-order valence-corrected chi connectivity index (χ3v) is 8.96. The smallest absolute Gasteiger partial charge is 0.408 e. The molecule has 0 aliphatic carbocycles. The number of hydrogen-bond acceptors (Lipinski definition) is 7. The van der Waals surface area contributed by atoms with E-state index in [1.54, 1.807) is 4.90 Å². The van der Waals surface area contributed by atoms with Crippen molar-refractivity contribution in [1.82, 2.24) is 10.2 Å². The van der Waals surface area contributed by atoms with Crippen LogP contribution in [-0.2, 0) is 23.8 Å². The van der Waals surface area contributed by atoms with Crippen LogP contribution in [0.1, 0.15) is 194 Å². The second-order valence-corrected chi connectivity index (χ2v) is 14.5. The Kier molecular flexibility index (Phi) is 37.1. The van der Waals surface area contributed by atoms with Gasteiger partial charge in [-0.15, -0.1) is 0 Å². The zero-order valence-corrected chi connectivity index (χ0v) is 33.7. The average molecular weight is 721 g/mol. The molecule has 0 saturated carbocycles. The van der Waals surface area contributed by atoms with Gasteiger partial charge in [-0.2, -0.15) is 0 Å². The van der Waals surface area contributed by atoms with Crippen LogP contribution in [0.4, 0.5) is 4.79 Å². The Hall–Kier alpha value is -2.35. The van der Waals surface area contributed by atoms with E-state index in [1.165, 1.54) is 103 Å². The lowest BCUT2D eigenvalue weighted by Gasteiger charge is -2.19. The van der Waals surface area contributed by atoms with Gasteiger partial charge in [-0.3, -0.25) is 14.5 Å². The summed E-state index contributed by atoms with van der Waals surface area (Å²) in [6.07, 6.45) is 39.6. The molecule has 0 heterocycles. The number of alkyl carbamates (subject to hydrolysis) is 1. The van der Waals surface area contributed by atoms with Crippen LogP contribution >= 0.6 is 0 Å². The fraction of sp³-hybridized carbons (Fsp3) is 0.837. The highest BCUT2D eigenvalue weighted by Crippen LogP contribution is 2.12. The molecule has 0 aliphatic heterocycles. The van der Waals surface area contributed by atoms with Gasteiger partial charge in [0.15, 0.2) is 6.10 Å². The van der Waals surface area contributed by atoms with Gasteiger partial charge < -0.3 is 19.5 Å². The van der Waals surface area contributed by atoms with Crippen LogP contribution in [0.3, 0.4) is 0 Å². The van der Waals surface area contributed by atoms with E-state index in [-0.39, 0.29) is 25.2 Å². The summed E-state index contributed by atoms with van der Waals surface area (Å²) >= 11 is 0. The van der Waals surface area contributed by atoms with Crippen LogP contribution in [-0.4, -0.2) is 63.0 Å². The molecule has 0 rings (SSSR count). The molecule has 0 aliphatic rings. The monoisotopic (exact) mass is 721 g/mol. The predicted octanol–water partition coefficient (Wildman–Crippen LogP) is 11.8. The normalized spacial score (nSPS) is 11.6. The largest absolute Gasteiger partial charge is 0.462 e. The summed E-state index contributed by atoms with van der Waals surface area (Å²) in [5.41, 5.74) is 0. The first-order valence-electron chi connectivity index (χ1n) is 21.1. The second-order valence-electron chi connectivity index (χ2n) is 14.5. The molecule has 0 fully saturated rings. The third-order valence-electron chi connectivity index (χ3n) is 8.96. The lowest BCUT2D eigenvalue weighted by atomic mass is 10.1. The van der Waals surface area contributed by atoms with Gasteiger partial charge in [0.2, 0.25) is 0 Å². The van der Waals surface area contributed by atoms with Crippen molar-refractivity contribution in [3.8, 4) is 0 Å². The van der Waals surface area contributed by atoms with Crippen LogP contribution in [0.5, 0.6) is 0 Å². The molecule has 0 atom stereocenters. The summed E-state index contributed by atoms with van der Waals surface area (Å²) in [5, 5.41) is 2.63. The minimum Gasteiger partial charge on any atom is -0.462 e. The molecule has 0 unspecified atom stereocenters. The molecule has 0 aromatic rings. The van der Waals surface area contributed by atoms with Crippen LogP contribution in [0.2, 0.25) is 0 Å². The SMILES string of the molecule is CCCCCCCC/C=C\CCCCCCCC(=O)OCC(COC(=O)CCCCCCC/C=C\CCCCCCCC)OC(=O)NCN(C)C. The molecule has 0 aromatic carbocycles. The highest BCUT2D eigenvalue weighted by Gasteiger charge is 2.19. The number of allylic oxidation sites excluding steroid dienone is 4. The molecule has 0 aromatic heterocycles. The Morgan fingerprint density at radius 2 is 0.843 bits per heavy atom. The Morgan fingerprint density at radius 1 is 0.510 bits per heavy atom. The van der Waals surface area contributed by atoms with Gasteiger partial charge >= 0.3 is 18.0 Å². The number of ether oxygens (including phenoxy) is 3. The molecular formula is C43H80N2O6. The molecule has 8 nitrogen and oxygen atoms in total. The van der Waals surface area contributed by atoms with Gasteiger partial charge in [-0.25, -0.2) is 4.79 Å². The van der Waals surface area contributed by atoms with Crippen LogP contribution < -0.4 is 5.32 Å². The van der Waals surface area contributed by atoms with Gasteiger partial charge in [0.1, 0.15) is 13.2 Å². The number of nitrogens with zero attached hydrogens (tertiary/aromatic N) is 1. The van der Waals surface area contributed by atoms with Crippen LogP contribution in [0.25, 0.3) is 0 Å². The van der Waals surface area contributed by atoms with E-state index < -0.39 is 12.2 Å². The van der Waals surface area contributed by atoms with Crippen LogP contribution in [0.15, 0.2) is 24.3 Å². The lowest BCUT2D eigenvalue weighted by Crippen LogP contribution is -2.38. The molecule has 1 N–H and O–H groups in total. The summed E-state index contributed by atoms with van der Waals surface area (Å²) in [6, 6.07) is 0. The summed E-state index contributed by atoms with van der Waals surface area (Å²) in [4.78, 5) is 38.8. The van der Waals surface area contributed by atoms with E-state index in [4.69, 9.17) is 14.2 Å². The Bertz CT molecular complexity index is 803. The number of nitrogens with one attached hydrogen (secondary N) is 1. The van der Waals surface area contributed by atoms with Crippen molar-refractivity contribution in [1.29, 1.82) is 0 Å². The maximum absolute atomic E-state index is 12.4. The Labute approximate surface area is 314 Å². The molecule has 51 heavy (non-hydrogen) atoms. The van der Waals surface area contributed by atoms with Gasteiger partial charge in [0, 0.05) is 12.8 Å². The molecule has 0 spiro atoms. The highest BCUT2D eigenvalue weighted by molar-refractivity contribution is 5.70. The molecule has 0 saturated heterocycles. The van der Waals surface area contributed by atoms with E-state index in [1.807, 2.05) is 14.1 Å². The van der Waals surface area contributed by atoms with E-state index in [0.29, 0.717) is 19.5 Å². The zero-order chi connectivity index (χ0) is 37.5. The fourth-order valence-corrected chi connectivity index (χ4v) is 5.73. The number of esters is 2. The topological polar surface area (TPSA) is 94.2 Å². The number of amides is 1. The summed E-state index contributed by atoms with van der Waals surface area (Å²) in [7, 11) is 3.65. The maximum Gasteiger partial charge on any atom is 0.408 e. The van der Waals surface area contributed by atoms with Crippen molar-refractivity contribution in [3.05, 3.63) is 24.3 Å². The van der Waals surface area contributed by atoms with E-state index in [9.17, 15) is 14.4 Å². The maximum atomic E-state index is 12.4. The molecule has 0 bridgehead atoms. The predicted molar refractivity (Wildman–Crippen MR) is 213 cm³/mol. The quantitative estimate of drug-likeness (QED) is 0.0224. The van der Waals surface area contributed by atoms with E-state index in [2.05, 4.69) is 43.5 Å². The van der Waals surface area contributed by atoms with Gasteiger partial charge in [-0.1, -0.05) is 141 Å². The van der Waals surface area contributed by atoms with Crippen LogP contribution in [0, 0.1) is 0 Å². The number of unbranched alkanes of at least 4 members (excludes halogenated alkanes) is 22. The molecule has 1 amide bonds. The lowest BCUT2D eigenvalue weighted by molar-refractivity contribution is -0.152. The fourth-order valence-electron chi connectivity index (χ4n) is 5.73. The first-order valence-corrected chi connectivity index (χ1v) is 21.1. The first kappa shape index (κ1) is 48.6. The highest BCUT2D eigenvalue weighted by atomic mass is 16.6. The molecule has 0 radical (unpaired) electrons. The number of carbonyl (C=O) groups is 3. The van der Waals surface area contributed by atoms with E-state index in [0.717, 1.165) is 64.2 Å². The Balaban J connectivity index is 4.09. The Morgan fingerprint density at radius 3 is 1.20 bits per heavy atom. The van der Waals surface area contributed by atoms with Gasteiger partial charge in [0.25, 0.3) is 0 Å². The van der Waals surface area contributed by atoms with Crippen molar-refractivity contribution in [2.75, 3.05) is 34.0 Å². The number of carbonyl (C=O) groups excluding carboxylic acids is 3. The number of hydrogen-bond donors (Lipinski definition) is 1. The minimum absolute atomic E-state index is 0.139. The zero-order valence-electron chi connectivity index (χ0n) is 33.7. The van der Waals surface area contributed by atoms with Crippen molar-refractivity contribution < 1.29 is 28.6 Å². The summed E-state index contributed by atoms with van der Waals surface area (Å²) in [6.45, 7) is 4.53. The van der Waals surface area contributed by atoms with Gasteiger partial charge in [0.05, 0.1) is 6.67 Å². The van der Waals surface area contributed by atoms with Crippen molar-refractivity contribution in [2.45, 2.75) is 200 Å². The average Bonchev–Trinajstić information content (AvgIpc) is 3.11. The van der Waals surface area contributed by atoms with Gasteiger partial charge in [-0.05, 0) is 78.3 Å². The standard InChI is InChI=1S/C43H80N2O6/c1-5-7-9-11-13-15-17-19-21-23-25-27-29-31-33-35-41(46)49-37-40(51-43(48)44-39-45(3)4)38-50-42(47)36-34-32-30-28-26-24-22-20-18-16-14-12-10-8-6-2/h19-22,40H,5-18,23-39H2,1-4H3,(H,44,48)/b21-19-,22-20-. The first-order chi connectivity index (χ1) is 24.9. The summed E-state index contributed by atoms with van der Waals surface area (Å²) in [5.74, 6) is -0.649. The third kappa shape index (κ3) is 38.7. The second kappa shape index (κ2) is 38.9. The minimum atomic E-state index is -0.858. The van der Waals surface area contributed by atoms with E-state index >= 15 is 0 Å². The molecule has 8 heteroatoms. The summed E-state index contributed by atoms with van der Waals surface area (Å²) < 4.78 is 16.2.